The van der Waals surface area contributed by atoms with Crippen LogP contribution >= 0.6 is 0 Å². The molecule has 1 aromatic carbocycles. The summed E-state index contributed by atoms with van der Waals surface area (Å²) in [6.07, 6.45) is 8.85. The first kappa shape index (κ1) is 17.9. The first-order chi connectivity index (χ1) is 11.1. The SMILES string of the molecule is CN(Cc1ccccc1F)C(=O)CN(C)C1CCCCCCC1. The second kappa shape index (κ2) is 9.02. The van der Waals surface area contributed by atoms with E-state index >= 15 is 0 Å². The summed E-state index contributed by atoms with van der Waals surface area (Å²) in [5, 5.41) is 0. The van der Waals surface area contributed by atoms with Crippen molar-refractivity contribution in [3.05, 3.63) is 35.6 Å². The van der Waals surface area contributed by atoms with Gasteiger partial charge in [-0.3, -0.25) is 9.69 Å². The minimum atomic E-state index is -0.250. The summed E-state index contributed by atoms with van der Waals surface area (Å²) in [4.78, 5) is 16.2. The van der Waals surface area contributed by atoms with Gasteiger partial charge in [-0.05, 0) is 26.0 Å². The van der Waals surface area contributed by atoms with Crippen molar-refractivity contribution >= 4 is 5.91 Å². The van der Waals surface area contributed by atoms with E-state index in [2.05, 4.69) is 4.90 Å². The van der Waals surface area contributed by atoms with Gasteiger partial charge in [0.25, 0.3) is 0 Å². The standard InChI is InChI=1S/C19H29FN2O/c1-21(17-11-6-4-3-5-7-12-17)15-19(23)22(2)14-16-10-8-9-13-18(16)20/h8-10,13,17H,3-7,11-12,14-15H2,1-2H3. The van der Waals surface area contributed by atoms with E-state index in [1.807, 2.05) is 7.05 Å². The Hall–Kier alpha value is -1.42. The highest BCUT2D eigenvalue weighted by molar-refractivity contribution is 5.78. The number of likely N-dealkylation sites (N-methyl/N-ethyl adjacent to an activating group) is 2. The van der Waals surface area contributed by atoms with Crippen LogP contribution in [0.5, 0.6) is 0 Å². The number of hydrogen-bond donors (Lipinski definition) is 0. The zero-order valence-electron chi connectivity index (χ0n) is 14.4. The van der Waals surface area contributed by atoms with Crippen LogP contribution in [-0.4, -0.2) is 42.4 Å². The molecule has 1 saturated carbocycles. The van der Waals surface area contributed by atoms with Gasteiger partial charge in [-0.25, -0.2) is 4.39 Å². The number of hydrogen-bond acceptors (Lipinski definition) is 2. The Kier molecular flexibility index (Phi) is 7.03. The van der Waals surface area contributed by atoms with Crippen LogP contribution in [0.25, 0.3) is 0 Å². The van der Waals surface area contributed by atoms with Crippen LogP contribution in [0.3, 0.4) is 0 Å². The molecule has 1 aliphatic carbocycles. The van der Waals surface area contributed by atoms with Gasteiger partial charge in [0.2, 0.25) is 5.91 Å². The highest BCUT2D eigenvalue weighted by atomic mass is 19.1. The summed E-state index contributed by atoms with van der Waals surface area (Å²) in [7, 11) is 3.79. The number of halogens is 1. The Morgan fingerprint density at radius 2 is 1.70 bits per heavy atom. The van der Waals surface area contributed by atoms with Gasteiger partial charge < -0.3 is 4.90 Å². The molecule has 128 valence electrons. The number of carbonyl (C=O) groups is 1. The normalized spacial score (nSPS) is 16.9. The second-order valence-electron chi connectivity index (χ2n) is 6.76. The predicted octanol–water partition coefficient (Wildman–Crippen LogP) is 3.83. The molecule has 1 aromatic rings. The van der Waals surface area contributed by atoms with Crippen molar-refractivity contribution in [3.63, 3.8) is 0 Å². The number of rotatable bonds is 5. The number of carbonyl (C=O) groups excluding carboxylic acids is 1. The Morgan fingerprint density at radius 3 is 2.35 bits per heavy atom. The molecule has 0 aromatic heterocycles. The molecule has 0 heterocycles. The second-order valence-corrected chi connectivity index (χ2v) is 6.76. The molecule has 0 saturated heterocycles. The Labute approximate surface area is 139 Å². The van der Waals surface area contributed by atoms with Crippen LogP contribution in [0.2, 0.25) is 0 Å². The summed E-state index contributed by atoms with van der Waals surface area (Å²) < 4.78 is 13.7. The average Bonchev–Trinajstić information content (AvgIpc) is 2.49. The summed E-state index contributed by atoms with van der Waals surface area (Å²) >= 11 is 0. The van der Waals surface area contributed by atoms with Crippen molar-refractivity contribution in [1.29, 1.82) is 0 Å². The topological polar surface area (TPSA) is 23.6 Å². The maximum Gasteiger partial charge on any atom is 0.236 e. The van der Waals surface area contributed by atoms with Crippen molar-refractivity contribution in [2.45, 2.75) is 57.5 Å². The van der Waals surface area contributed by atoms with E-state index in [0.29, 0.717) is 24.7 Å². The molecule has 0 N–H and O–H groups in total. The van der Waals surface area contributed by atoms with Crippen molar-refractivity contribution in [1.82, 2.24) is 9.80 Å². The van der Waals surface area contributed by atoms with E-state index < -0.39 is 0 Å². The number of nitrogens with zero attached hydrogens (tertiary/aromatic N) is 2. The lowest BCUT2D eigenvalue weighted by atomic mass is 9.96. The van der Waals surface area contributed by atoms with Crippen LogP contribution in [0.15, 0.2) is 24.3 Å². The Morgan fingerprint density at radius 1 is 1.09 bits per heavy atom. The first-order valence-electron chi connectivity index (χ1n) is 8.75. The van der Waals surface area contributed by atoms with E-state index in [9.17, 15) is 9.18 Å². The van der Waals surface area contributed by atoms with Gasteiger partial charge in [0.05, 0.1) is 6.54 Å². The third kappa shape index (κ3) is 5.61. The highest BCUT2D eigenvalue weighted by Gasteiger charge is 2.20. The summed E-state index contributed by atoms with van der Waals surface area (Å²) in [5.74, 6) is -0.196. The fourth-order valence-corrected chi connectivity index (χ4v) is 3.31. The van der Waals surface area contributed by atoms with Gasteiger partial charge in [0, 0.05) is 25.2 Å². The Bertz CT molecular complexity index is 498. The molecule has 23 heavy (non-hydrogen) atoms. The third-order valence-electron chi connectivity index (χ3n) is 4.87. The van der Waals surface area contributed by atoms with Crippen LogP contribution in [0, 0.1) is 5.82 Å². The fraction of sp³-hybridized carbons (Fsp3) is 0.632. The van der Waals surface area contributed by atoms with E-state index in [1.165, 1.54) is 51.0 Å². The minimum absolute atomic E-state index is 0.0535. The molecule has 0 bridgehead atoms. The summed E-state index contributed by atoms with van der Waals surface area (Å²) in [6, 6.07) is 7.15. The number of benzene rings is 1. The van der Waals surface area contributed by atoms with Crippen LogP contribution in [-0.2, 0) is 11.3 Å². The maximum atomic E-state index is 13.7. The van der Waals surface area contributed by atoms with Crippen LogP contribution in [0.1, 0.15) is 50.5 Å². The van der Waals surface area contributed by atoms with Gasteiger partial charge in [-0.2, -0.15) is 0 Å². The van der Waals surface area contributed by atoms with E-state index in [1.54, 1.807) is 30.1 Å². The molecule has 0 spiro atoms. The third-order valence-corrected chi connectivity index (χ3v) is 4.87. The molecule has 0 unspecified atom stereocenters. The highest BCUT2D eigenvalue weighted by Crippen LogP contribution is 2.20. The fourth-order valence-electron chi connectivity index (χ4n) is 3.31. The molecule has 1 aliphatic rings. The molecule has 4 heteroatoms. The molecule has 0 aliphatic heterocycles. The van der Waals surface area contributed by atoms with E-state index in [4.69, 9.17) is 0 Å². The van der Waals surface area contributed by atoms with Gasteiger partial charge >= 0.3 is 0 Å². The van der Waals surface area contributed by atoms with Gasteiger partial charge in [-0.15, -0.1) is 0 Å². The molecule has 0 atom stereocenters. The zero-order valence-corrected chi connectivity index (χ0v) is 14.4. The summed E-state index contributed by atoms with van der Waals surface area (Å²) in [6.45, 7) is 0.736. The number of amides is 1. The molecule has 0 radical (unpaired) electrons. The van der Waals surface area contributed by atoms with Crippen molar-refractivity contribution in [2.75, 3.05) is 20.6 Å². The maximum absolute atomic E-state index is 13.7. The van der Waals surface area contributed by atoms with Crippen molar-refractivity contribution in [2.24, 2.45) is 0 Å². The van der Waals surface area contributed by atoms with Crippen molar-refractivity contribution < 1.29 is 9.18 Å². The van der Waals surface area contributed by atoms with Gasteiger partial charge in [-0.1, -0.05) is 50.3 Å². The average molecular weight is 320 g/mol. The largest absolute Gasteiger partial charge is 0.340 e. The van der Waals surface area contributed by atoms with Crippen molar-refractivity contribution in [3.8, 4) is 0 Å². The lowest BCUT2D eigenvalue weighted by Gasteiger charge is -2.30. The molecular formula is C19H29FN2O. The van der Waals surface area contributed by atoms with Gasteiger partial charge in [0.1, 0.15) is 5.82 Å². The van der Waals surface area contributed by atoms with E-state index in [0.717, 1.165) is 0 Å². The smallest absolute Gasteiger partial charge is 0.236 e. The molecule has 3 nitrogen and oxygen atoms in total. The summed E-state index contributed by atoms with van der Waals surface area (Å²) in [5.41, 5.74) is 0.567. The molecule has 2 rings (SSSR count). The van der Waals surface area contributed by atoms with Crippen LogP contribution < -0.4 is 0 Å². The van der Waals surface area contributed by atoms with Gasteiger partial charge in [0.15, 0.2) is 0 Å². The first-order valence-corrected chi connectivity index (χ1v) is 8.75. The lowest BCUT2D eigenvalue weighted by molar-refractivity contribution is -0.132. The van der Waals surface area contributed by atoms with Crippen LogP contribution in [0.4, 0.5) is 4.39 Å². The minimum Gasteiger partial charge on any atom is -0.340 e. The predicted molar refractivity (Wildman–Crippen MR) is 91.6 cm³/mol. The monoisotopic (exact) mass is 320 g/mol. The quantitative estimate of drug-likeness (QED) is 0.823. The van der Waals surface area contributed by atoms with E-state index in [-0.39, 0.29) is 11.7 Å². The Balaban J connectivity index is 1.85. The molecule has 1 fully saturated rings. The molecule has 1 amide bonds. The lowest BCUT2D eigenvalue weighted by Crippen LogP contribution is -2.41. The molecular weight excluding hydrogens is 291 g/mol. The zero-order chi connectivity index (χ0) is 16.7.